The summed E-state index contributed by atoms with van der Waals surface area (Å²) in [6, 6.07) is 9.62. The van der Waals surface area contributed by atoms with Crippen LogP contribution in [0.1, 0.15) is 46.0 Å². The molecular weight excluding hydrogens is 530 g/mol. The maximum absolute atomic E-state index is 14.1. The summed E-state index contributed by atoms with van der Waals surface area (Å²) in [6.07, 6.45) is 1.67. The molecule has 0 spiro atoms. The zero-order chi connectivity index (χ0) is 27.7. The number of rotatable bonds is 5. The summed E-state index contributed by atoms with van der Waals surface area (Å²) in [5, 5.41) is 1.88. The van der Waals surface area contributed by atoms with Crippen LogP contribution in [0, 0.1) is 25.5 Å². The predicted molar refractivity (Wildman–Crippen MR) is 151 cm³/mol. The Labute approximate surface area is 228 Å². The molecule has 0 bridgehead atoms. The van der Waals surface area contributed by atoms with Gasteiger partial charge in [-0.05, 0) is 62.1 Å². The van der Waals surface area contributed by atoms with Crippen LogP contribution in [0.4, 0.5) is 8.78 Å². The quantitative estimate of drug-likeness (QED) is 0.236. The fourth-order valence-electron chi connectivity index (χ4n) is 4.88. The predicted octanol–water partition coefficient (Wildman–Crippen LogP) is 8.25. The number of thiophene rings is 1. The first-order valence-corrected chi connectivity index (χ1v) is 13.4. The number of fused-ring (bicyclic) bond motifs is 2. The van der Waals surface area contributed by atoms with E-state index in [0.29, 0.717) is 20.5 Å². The van der Waals surface area contributed by atoms with E-state index in [1.54, 1.807) is 28.8 Å². The van der Waals surface area contributed by atoms with Crippen molar-refractivity contribution in [1.29, 1.82) is 0 Å². The maximum Gasteiger partial charge on any atom is 0.272 e. The van der Waals surface area contributed by atoms with Crippen molar-refractivity contribution < 1.29 is 23.0 Å². The highest BCUT2D eigenvalue weighted by Crippen LogP contribution is 2.34. The van der Waals surface area contributed by atoms with Crippen LogP contribution in [0.15, 0.2) is 36.4 Å². The molecule has 0 atom stereocenters. The van der Waals surface area contributed by atoms with Crippen molar-refractivity contribution in [2.75, 3.05) is 14.2 Å². The lowest BCUT2D eigenvalue weighted by Gasteiger charge is -2.06. The van der Waals surface area contributed by atoms with E-state index in [1.807, 2.05) is 20.8 Å². The maximum atomic E-state index is 14.1. The molecule has 200 valence electrons. The lowest BCUT2D eigenvalue weighted by atomic mass is 10.1. The standard InChI is InChI=1S/C17H15ClFNO2S.C12H14FNO/c1-4-10-9(2)20(17(21)15-5-6-16(18)23-15)13-8-12(19)14(22-3)7-11(10)13;1-4-8-7(2)14-11-6-10(13)12(15-3)5-9(8)11/h5-8H,4H2,1-3H3;5-6,14H,4H2,1-3H3. The van der Waals surface area contributed by atoms with Crippen LogP contribution in [0.3, 0.4) is 0 Å². The smallest absolute Gasteiger partial charge is 0.272 e. The lowest BCUT2D eigenvalue weighted by molar-refractivity contribution is 0.0967. The van der Waals surface area contributed by atoms with Crippen LogP contribution in [-0.2, 0) is 12.8 Å². The summed E-state index contributed by atoms with van der Waals surface area (Å²) in [5.74, 6) is -0.534. The van der Waals surface area contributed by atoms with Crippen LogP contribution in [0.5, 0.6) is 11.5 Å². The molecule has 0 aliphatic rings. The van der Waals surface area contributed by atoms with Crippen molar-refractivity contribution in [3.63, 3.8) is 0 Å². The largest absolute Gasteiger partial charge is 0.494 e. The zero-order valence-corrected chi connectivity index (χ0v) is 23.7. The van der Waals surface area contributed by atoms with Crippen molar-refractivity contribution in [1.82, 2.24) is 9.55 Å². The molecule has 5 nitrogen and oxygen atoms in total. The topological polar surface area (TPSA) is 56.2 Å². The van der Waals surface area contributed by atoms with Crippen molar-refractivity contribution >= 4 is 50.7 Å². The fraction of sp³-hybridized carbons (Fsp3) is 0.276. The Kier molecular flexibility index (Phi) is 8.13. The van der Waals surface area contributed by atoms with Gasteiger partial charge in [-0.3, -0.25) is 9.36 Å². The minimum Gasteiger partial charge on any atom is -0.494 e. The molecule has 1 N–H and O–H groups in total. The number of aromatic amines is 1. The molecule has 0 radical (unpaired) electrons. The van der Waals surface area contributed by atoms with Gasteiger partial charge in [-0.1, -0.05) is 25.4 Å². The summed E-state index contributed by atoms with van der Waals surface area (Å²) in [5.41, 5.74) is 5.53. The highest BCUT2D eigenvalue weighted by molar-refractivity contribution is 7.18. The summed E-state index contributed by atoms with van der Waals surface area (Å²) in [7, 11) is 2.91. The van der Waals surface area contributed by atoms with Crippen LogP contribution >= 0.6 is 22.9 Å². The van der Waals surface area contributed by atoms with E-state index in [2.05, 4.69) is 11.9 Å². The van der Waals surface area contributed by atoms with Crippen LogP contribution in [-0.4, -0.2) is 29.7 Å². The van der Waals surface area contributed by atoms with Crippen LogP contribution < -0.4 is 9.47 Å². The third-order valence-electron chi connectivity index (χ3n) is 6.69. The number of carbonyl (C=O) groups is 1. The second-order valence-corrected chi connectivity index (χ2v) is 10.5. The van der Waals surface area contributed by atoms with E-state index < -0.39 is 5.82 Å². The third-order valence-corrected chi connectivity index (χ3v) is 7.91. The van der Waals surface area contributed by atoms with Gasteiger partial charge < -0.3 is 14.5 Å². The minimum absolute atomic E-state index is 0.177. The summed E-state index contributed by atoms with van der Waals surface area (Å²) in [4.78, 5) is 16.5. The number of aryl methyl sites for hydroxylation is 3. The van der Waals surface area contributed by atoms with E-state index in [-0.39, 0.29) is 17.5 Å². The fourth-order valence-corrected chi connectivity index (χ4v) is 5.86. The van der Waals surface area contributed by atoms with Crippen molar-refractivity contribution in [2.45, 2.75) is 40.5 Å². The van der Waals surface area contributed by atoms with E-state index in [1.165, 1.54) is 43.3 Å². The van der Waals surface area contributed by atoms with Gasteiger partial charge in [0, 0.05) is 39.8 Å². The molecule has 0 unspecified atom stereocenters. The highest BCUT2D eigenvalue weighted by atomic mass is 35.5. The second kappa shape index (κ2) is 11.2. The van der Waals surface area contributed by atoms with E-state index >= 15 is 0 Å². The number of ether oxygens (including phenoxy) is 2. The number of aromatic nitrogens is 2. The molecule has 0 fully saturated rings. The molecule has 0 aliphatic heterocycles. The van der Waals surface area contributed by atoms with E-state index in [9.17, 15) is 13.6 Å². The Morgan fingerprint density at radius 1 is 0.947 bits per heavy atom. The Hall–Kier alpha value is -3.36. The van der Waals surface area contributed by atoms with Gasteiger partial charge in [0.25, 0.3) is 5.91 Å². The van der Waals surface area contributed by atoms with E-state index in [0.717, 1.165) is 46.1 Å². The van der Waals surface area contributed by atoms with Gasteiger partial charge in [-0.15, -0.1) is 11.3 Å². The Morgan fingerprint density at radius 3 is 2.11 bits per heavy atom. The molecule has 3 heterocycles. The molecule has 0 aliphatic carbocycles. The van der Waals surface area contributed by atoms with Gasteiger partial charge in [0.05, 0.1) is 28.9 Å². The van der Waals surface area contributed by atoms with Crippen molar-refractivity contribution in [2.24, 2.45) is 0 Å². The van der Waals surface area contributed by atoms with Crippen LogP contribution in [0.2, 0.25) is 4.34 Å². The Balaban J connectivity index is 0.000000194. The normalized spacial score (nSPS) is 11.1. The van der Waals surface area contributed by atoms with Gasteiger partial charge in [-0.2, -0.15) is 0 Å². The van der Waals surface area contributed by atoms with Crippen molar-refractivity contribution in [3.8, 4) is 11.5 Å². The van der Waals surface area contributed by atoms with Gasteiger partial charge >= 0.3 is 0 Å². The number of benzene rings is 2. The molecule has 3 aromatic heterocycles. The minimum atomic E-state index is -0.488. The number of nitrogens with zero attached hydrogens (tertiary/aromatic N) is 1. The number of hydrogen-bond acceptors (Lipinski definition) is 4. The molecule has 0 amide bonds. The van der Waals surface area contributed by atoms with Crippen molar-refractivity contribution in [3.05, 3.63) is 79.8 Å². The third kappa shape index (κ3) is 4.90. The monoisotopic (exact) mass is 558 g/mol. The zero-order valence-electron chi connectivity index (χ0n) is 22.1. The number of carbonyl (C=O) groups excluding carboxylic acids is 1. The molecule has 5 rings (SSSR count). The first-order valence-electron chi connectivity index (χ1n) is 12.2. The number of hydrogen-bond donors (Lipinski definition) is 1. The van der Waals surface area contributed by atoms with Gasteiger partial charge in [0.2, 0.25) is 0 Å². The van der Waals surface area contributed by atoms with E-state index in [4.69, 9.17) is 21.1 Å². The van der Waals surface area contributed by atoms with Gasteiger partial charge in [0.1, 0.15) is 0 Å². The SMILES string of the molecule is CCc1c(C)[nH]c2cc(F)c(OC)cc12.CCc1c(C)n(C(=O)c2ccc(Cl)s2)c2cc(F)c(OC)cc12. The lowest BCUT2D eigenvalue weighted by Crippen LogP contribution is -2.12. The summed E-state index contributed by atoms with van der Waals surface area (Å²) >= 11 is 7.14. The molecule has 0 saturated carbocycles. The molecule has 9 heteroatoms. The molecule has 2 aromatic carbocycles. The Bertz CT molecular complexity index is 1650. The average Bonchev–Trinajstić information content (AvgIpc) is 3.54. The highest BCUT2D eigenvalue weighted by Gasteiger charge is 2.22. The summed E-state index contributed by atoms with van der Waals surface area (Å²) < 4.78 is 39.7. The number of H-pyrrole nitrogens is 1. The Morgan fingerprint density at radius 2 is 1.55 bits per heavy atom. The second-order valence-electron chi connectivity index (χ2n) is 8.78. The molecule has 0 saturated heterocycles. The molecular formula is C29H29ClF2N2O3S. The number of halogens is 3. The van der Waals surface area contributed by atoms with Crippen LogP contribution in [0.25, 0.3) is 21.8 Å². The molecule has 38 heavy (non-hydrogen) atoms. The average molecular weight is 559 g/mol. The van der Waals surface area contributed by atoms with Gasteiger partial charge in [0.15, 0.2) is 23.1 Å². The first kappa shape index (κ1) is 27.7. The molecule has 5 aromatic rings. The number of methoxy groups -OCH3 is 2. The van der Waals surface area contributed by atoms with Gasteiger partial charge in [-0.25, -0.2) is 8.78 Å². The number of nitrogens with one attached hydrogen (secondary N) is 1. The summed E-state index contributed by atoms with van der Waals surface area (Å²) in [6.45, 7) is 7.97. The first-order chi connectivity index (χ1) is 18.1.